The molecule has 0 amide bonds. The normalized spacial score (nSPS) is 15.3. The van der Waals surface area contributed by atoms with Crippen LogP contribution in [0.1, 0.15) is 31.9 Å². The minimum absolute atomic E-state index is 0.237. The van der Waals surface area contributed by atoms with Gasteiger partial charge in [-0.1, -0.05) is 39.0 Å². The zero-order valence-electron chi connectivity index (χ0n) is 20.6. The van der Waals surface area contributed by atoms with Crippen LogP contribution in [0.15, 0.2) is 36.4 Å². The number of benzene rings is 2. The van der Waals surface area contributed by atoms with E-state index in [9.17, 15) is 5.11 Å². The first kappa shape index (κ1) is 24.6. The second kappa shape index (κ2) is 9.47. The lowest BCUT2D eigenvalue weighted by Crippen LogP contribution is -2.50. The highest BCUT2D eigenvalue weighted by atomic mass is 28.4. The van der Waals surface area contributed by atoms with Crippen molar-refractivity contribution in [2.45, 2.75) is 65.3 Å². The Labute approximate surface area is 193 Å². The predicted octanol–water partition coefficient (Wildman–Crippen LogP) is 5.96. The fourth-order valence-corrected chi connectivity index (χ4v) is 11.7. The summed E-state index contributed by atoms with van der Waals surface area (Å²) >= 11 is 0. The van der Waals surface area contributed by atoms with Crippen molar-refractivity contribution in [3.8, 4) is 11.4 Å². The molecule has 1 N–H and O–H groups in total. The van der Waals surface area contributed by atoms with Crippen LogP contribution in [0.2, 0.25) is 31.2 Å². The van der Waals surface area contributed by atoms with Crippen LogP contribution in [0.4, 0.5) is 0 Å². The molecule has 2 atom stereocenters. The number of nitrogens with zero attached hydrogens (tertiary/aromatic N) is 3. The molecule has 0 aliphatic carbocycles. The fraction of sp³-hybridized carbons (Fsp3) is 0.500. The summed E-state index contributed by atoms with van der Waals surface area (Å²) in [6.45, 7) is 15.4. The van der Waals surface area contributed by atoms with Crippen LogP contribution in [0.5, 0.6) is 5.75 Å². The number of phenolic OH excluding ortho intramolecular Hbond substituents is 1. The predicted molar refractivity (Wildman–Crippen MR) is 135 cm³/mol. The molecule has 1 heterocycles. The molecule has 0 aliphatic heterocycles. The van der Waals surface area contributed by atoms with E-state index in [1.807, 2.05) is 37.3 Å². The van der Waals surface area contributed by atoms with Gasteiger partial charge < -0.3 is 13.6 Å². The van der Waals surface area contributed by atoms with Gasteiger partial charge in [0.05, 0.1) is 0 Å². The van der Waals surface area contributed by atoms with Gasteiger partial charge in [0, 0.05) is 7.11 Å². The molecule has 1 aromatic heterocycles. The Bertz CT molecular complexity index is 1050. The topological polar surface area (TPSA) is 69.4 Å². The standard InChI is InChI=1S/C24H37N3O3Si2/c1-17(2)31(6,7)30-32(8,29-5)16-19(4)14-20-13-18(3)15-23(24(20)28)27-25-21-11-9-10-12-22(21)26-27/h9-13,15,17,19,28H,14,16H2,1-8H3. The average Bonchev–Trinajstić information content (AvgIpc) is 3.13. The van der Waals surface area contributed by atoms with Crippen molar-refractivity contribution >= 4 is 27.9 Å². The van der Waals surface area contributed by atoms with Crippen molar-refractivity contribution in [3.63, 3.8) is 0 Å². The molecular weight excluding hydrogens is 434 g/mol. The Morgan fingerprint density at radius 1 is 1.03 bits per heavy atom. The number of aryl methyl sites for hydroxylation is 1. The van der Waals surface area contributed by atoms with Crippen molar-refractivity contribution < 1.29 is 13.6 Å². The Hall–Kier alpha value is -2.01. The maximum absolute atomic E-state index is 11.1. The summed E-state index contributed by atoms with van der Waals surface area (Å²) in [7, 11) is -2.36. The summed E-state index contributed by atoms with van der Waals surface area (Å²) in [6, 6.07) is 12.6. The number of aromatic nitrogens is 3. The SMILES string of the molecule is CO[Si](C)(CC(C)Cc1cc(C)cc(-n2nc3ccccc3n2)c1O)O[Si](C)(C)C(C)C. The lowest BCUT2D eigenvalue weighted by Gasteiger charge is -2.38. The largest absolute Gasteiger partial charge is 0.505 e. The van der Waals surface area contributed by atoms with E-state index in [1.54, 1.807) is 7.11 Å². The van der Waals surface area contributed by atoms with E-state index in [4.69, 9.17) is 8.54 Å². The van der Waals surface area contributed by atoms with Crippen molar-refractivity contribution in [1.82, 2.24) is 15.0 Å². The van der Waals surface area contributed by atoms with Crippen LogP contribution < -0.4 is 0 Å². The van der Waals surface area contributed by atoms with Gasteiger partial charge in [0.25, 0.3) is 0 Å². The maximum Gasteiger partial charge on any atom is 0.324 e. The lowest BCUT2D eigenvalue weighted by atomic mass is 9.99. The summed E-state index contributed by atoms with van der Waals surface area (Å²) in [6.07, 6.45) is 0.736. The molecule has 174 valence electrons. The van der Waals surface area contributed by atoms with E-state index < -0.39 is 16.9 Å². The number of aromatic hydroxyl groups is 1. The first-order chi connectivity index (χ1) is 14.9. The summed E-state index contributed by atoms with van der Waals surface area (Å²) < 4.78 is 12.7. The molecule has 0 saturated carbocycles. The van der Waals surface area contributed by atoms with E-state index in [1.165, 1.54) is 4.80 Å². The van der Waals surface area contributed by atoms with Crippen LogP contribution >= 0.6 is 0 Å². The third kappa shape index (κ3) is 5.48. The van der Waals surface area contributed by atoms with Crippen molar-refractivity contribution in [2.75, 3.05) is 7.11 Å². The molecule has 0 saturated heterocycles. The van der Waals surface area contributed by atoms with Crippen LogP contribution in [0.25, 0.3) is 16.7 Å². The second-order valence-corrected chi connectivity index (χ2v) is 18.2. The van der Waals surface area contributed by atoms with Crippen LogP contribution in [-0.4, -0.2) is 44.1 Å². The molecule has 0 fully saturated rings. The third-order valence-corrected chi connectivity index (χ3v) is 15.3. The van der Waals surface area contributed by atoms with Crippen LogP contribution in [-0.2, 0) is 15.0 Å². The van der Waals surface area contributed by atoms with Crippen LogP contribution in [0, 0.1) is 12.8 Å². The van der Waals surface area contributed by atoms with Gasteiger partial charge in [-0.3, -0.25) is 0 Å². The molecule has 0 radical (unpaired) electrons. The van der Waals surface area contributed by atoms with Gasteiger partial charge in [0.2, 0.25) is 0 Å². The molecule has 8 heteroatoms. The van der Waals surface area contributed by atoms with Gasteiger partial charge in [0.15, 0.2) is 8.32 Å². The van der Waals surface area contributed by atoms with Gasteiger partial charge in [-0.2, -0.15) is 0 Å². The molecule has 2 unspecified atom stereocenters. The number of fused-ring (bicyclic) bond motifs is 1. The molecular formula is C24H37N3O3Si2. The third-order valence-electron chi connectivity index (χ3n) is 6.40. The minimum atomic E-state index is -2.32. The van der Waals surface area contributed by atoms with E-state index in [0.717, 1.165) is 34.6 Å². The Morgan fingerprint density at radius 2 is 1.62 bits per heavy atom. The quantitative estimate of drug-likeness (QED) is 0.390. The van der Waals surface area contributed by atoms with Crippen molar-refractivity contribution in [3.05, 3.63) is 47.5 Å². The highest BCUT2D eigenvalue weighted by Crippen LogP contribution is 2.34. The number of rotatable bonds is 9. The zero-order valence-corrected chi connectivity index (χ0v) is 22.6. The smallest absolute Gasteiger partial charge is 0.324 e. The van der Waals surface area contributed by atoms with Crippen LogP contribution in [0.3, 0.4) is 0 Å². The lowest BCUT2D eigenvalue weighted by molar-refractivity contribution is 0.290. The molecule has 0 spiro atoms. The molecule has 3 rings (SSSR count). The Morgan fingerprint density at radius 3 is 2.16 bits per heavy atom. The van der Waals surface area contributed by atoms with Gasteiger partial charge in [-0.25, -0.2) is 0 Å². The highest BCUT2D eigenvalue weighted by Gasteiger charge is 2.40. The Kier molecular flexibility index (Phi) is 7.29. The summed E-state index contributed by atoms with van der Waals surface area (Å²) in [5.74, 6) is 0.537. The van der Waals surface area contributed by atoms with Crippen molar-refractivity contribution in [2.24, 2.45) is 5.92 Å². The van der Waals surface area contributed by atoms with E-state index >= 15 is 0 Å². The average molecular weight is 472 g/mol. The fourth-order valence-electron chi connectivity index (χ4n) is 4.03. The first-order valence-corrected chi connectivity index (χ1v) is 16.9. The summed E-state index contributed by atoms with van der Waals surface area (Å²) in [5.41, 5.74) is 4.72. The van der Waals surface area contributed by atoms with E-state index in [0.29, 0.717) is 17.1 Å². The summed E-state index contributed by atoms with van der Waals surface area (Å²) in [4.78, 5) is 1.54. The van der Waals surface area contributed by atoms with Gasteiger partial charge in [0.1, 0.15) is 22.5 Å². The number of hydrogen-bond donors (Lipinski definition) is 1. The number of hydrogen-bond acceptors (Lipinski definition) is 5. The van der Waals surface area contributed by atoms with Crippen molar-refractivity contribution in [1.29, 1.82) is 0 Å². The van der Waals surface area contributed by atoms with E-state index in [-0.39, 0.29) is 5.75 Å². The highest BCUT2D eigenvalue weighted by molar-refractivity contribution is 6.83. The Balaban J connectivity index is 1.84. The molecule has 2 aromatic carbocycles. The maximum atomic E-state index is 11.1. The van der Waals surface area contributed by atoms with Gasteiger partial charge in [-0.15, -0.1) is 15.0 Å². The molecule has 3 aromatic rings. The summed E-state index contributed by atoms with van der Waals surface area (Å²) in [5, 5.41) is 20.2. The molecule has 0 aliphatic rings. The molecule has 6 nitrogen and oxygen atoms in total. The monoisotopic (exact) mass is 471 g/mol. The van der Waals surface area contributed by atoms with Gasteiger partial charge in [-0.05, 0) is 79.8 Å². The van der Waals surface area contributed by atoms with Gasteiger partial charge >= 0.3 is 8.56 Å². The van der Waals surface area contributed by atoms with E-state index in [2.05, 4.69) is 56.7 Å². The second-order valence-electron chi connectivity index (χ2n) is 9.98. The minimum Gasteiger partial charge on any atom is -0.505 e. The molecule has 32 heavy (non-hydrogen) atoms. The number of phenols is 1. The molecule has 0 bridgehead atoms. The first-order valence-electron chi connectivity index (χ1n) is 11.3. The zero-order chi connectivity index (χ0) is 23.7.